The van der Waals surface area contributed by atoms with Crippen LogP contribution in [-0.2, 0) is 4.79 Å². The van der Waals surface area contributed by atoms with Crippen LogP contribution in [0.1, 0.15) is 44.1 Å². The number of hydrogen-bond donors (Lipinski definition) is 2. The van der Waals surface area contributed by atoms with E-state index in [1.807, 2.05) is 35.7 Å². The second-order valence-corrected chi connectivity index (χ2v) is 10.2. The highest BCUT2D eigenvalue weighted by atomic mass is 32.2. The Morgan fingerprint density at radius 2 is 1.94 bits per heavy atom. The monoisotopic (exact) mass is 454 g/mol. The fourth-order valence-electron chi connectivity index (χ4n) is 3.45. The second-order valence-electron chi connectivity index (χ2n) is 8.01. The van der Waals surface area contributed by atoms with Gasteiger partial charge in [-0.05, 0) is 61.6 Å². The molecule has 1 unspecified atom stereocenters. The molecule has 0 bridgehead atoms. The van der Waals surface area contributed by atoms with Crippen molar-refractivity contribution >= 4 is 45.3 Å². The minimum Gasteiger partial charge on any atom is -0.335 e. The van der Waals surface area contributed by atoms with Gasteiger partial charge in [-0.1, -0.05) is 30.0 Å². The number of hydrogen-bond acceptors (Lipinski definition) is 6. The zero-order valence-corrected chi connectivity index (χ0v) is 18.6. The molecule has 0 spiro atoms. The maximum atomic E-state index is 13.6. The molecule has 2 saturated carbocycles. The van der Waals surface area contributed by atoms with Crippen LogP contribution in [0.3, 0.4) is 0 Å². The summed E-state index contributed by atoms with van der Waals surface area (Å²) < 4.78 is 1.58. The third-order valence-electron chi connectivity index (χ3n) is 5.44. The number of carbonyl (C=O) groups is 2. The predicted molar refractivity (Wildman–Crippen MR) is 122 cm³/mol. The van der Waals surface area contributed by atoms with Crippen molar-refractivity contribution in [2.75, 3.05) is 0 Å². The summed E-state index contributed by atoms with van der Waals surface area (Å²) >= 11 is 2.65. The molecule has 1 aromatic carbocycles. The molecule has 1 atom stereocenters. The van der Waals surface area contributed by atoms with Gasteiger partial charge >= 0.3 is 6.03 Å². The SMILES string of the molecule is CC(Sc1nc2scc(C3CC3)c2c(=O)n1-c1ccccc1)C(=O)NC(=O)NC1CC1. The first-order valence-electron chi connectivity index (χ1n) is 10.4. The van der Waals surface area contributed by atoms with Crippen molar-refractivity contribution < 1.29 is 9.59 Å². The number of thiophene rings is 1. The summed E-state index contributed by atoms with van der Waals surface area (Å²) in [6.07, 6.45) is 4.10. The lowest BCUT2D eigenvalue weighted by molar-refractivity contribution is -0.119. The lowest BCUT2D eigenvalue weighted by Crippen LogP contribution is -2.43. The molecular formula is C22H22N4O3S2. The van der Waals surface area contributed by atoms with Crippen LogP contribution in [0.4, 0.5) is 4.79 Å². The highest BCUT2D eigenvalue weighted by Gasteiger charge is 2.30. The number of aromatic nitrogens is 2. The van der Waals surface area contributed by atoms with Crippen LogP contribution in [0.25, 0.3) is 15.9 Å². The van der Waals surface area contributed by atoms with Crippen molar-refractivity contribution in [2.24, 2.45) is 0 Å². The van der Waals surface area contributed by atoms with Crippen LogP contribution in [0, 0.1) is 0 Å². The van der Waals surface area contributed by atoms with Gasteiger partial charge in [-0.15, -0.1) is 11.3 Å². The number of urea groups is 1. The molecule has 2 aliphatic carbocycles. The number of para-hydroxylation sites is 1. The van der Waals surface area contributed by atoms with E-state index in [0.29, 0.717) is 27.0 Å². The van der Waals surface area contributed by atoms with E-state index < -0.39 is 17.2 Å². The predicted octanol–water partition coefficient (Wildman–Crippen LogP) is 3.79. The molecule has 7 nitrogen and oxygen atoms in total. The number of benzene rings is 1. The average Bonchev–Trinajstić information content (AvgIpc) is 3.68. The second kappa shape index (κ2) is 8.12. The zero-order chi connectivity index (χ0) is 21.5. The largest absolute Gasteiger partial charge is 0.335 e. The third-order valence-corrected chi connectivity index (χ3v) is 7.38. The number of imide groups is 1. The minimum atomic E-state index is -0.605. The fraction of sp³-hybridized carbons (Fsp3) is 0.364. The van der Waals surface area contributed by atoms with E-state index in [2.05, 4.69) is 10.6 Å². The Morgan fingerprint density at radius 3 is 2.61 bits per heavy atom. The van der Waals surface area contributed by atoms with Gasteiger partial charge in [0.15, 0.2) is 5.16 Å². The van der Waals surface area contributed by atoms with E-state index in [-0.39, 0.29) is 11.6 Å². The highest BCUT2D eigenvalue weighted by Crippen LogP contribution is 2.44. The molecular weight excluding hydrogens is 432 g/mol. The fourth-order valence-corrected chi connectivity index (χ4v) is 5.43. The molecule has 0 saturated heterocycles. The molecule has 31 heavy (non-hydrogen) atoms. The van der Waals surface area contributed by atoms with Crippen molar-refractivity contribution in [1.82, 2.24) is 20.2 Å². The van der Waals surface area contributed by atoms with E-state index in [1.54, 1.807) is 11.5 Å². The Morgan fingerprint density at radius 1 is 1.19 bits per heavy atom. The molecule has 0 aliphatic heterocycles. The number of carbonyl (C=O) groups excluding carboxylic acids is 2. The minimum absolute atomic E-state index is 0.110. The molecule has 160 valence electrons. The summed E-state index contributed by atoms with van der Waals surface area (Å²) in [5, 5.41) is 7.69. The molecule has 5 rings (SSSR count). The van der Waals surface area contributed by atoms with Gasteiger partial charge in [0.1, 0.15) is 4.83 Å². The summed E-state index contributed by atoms with van der Waals surface area (Å²) in [6, 6.07) is 9.04. The van der Waals surface area contributed by atoms with Crippen LogP contribution >= 0.6 is 23.1 Å². The Balaban J connectivity index is 1.49. The normalized spacial score (nSPS) is 16.8. The number of rotatable bonds is 6. The maximum Gasteiger partial charge on any atom is 0.321 e. The number of amides is 3. The Kier molecular flexibility index (Phi) is 5.31. The molecule has 2 fully saturated rings. The molecule has 2 aromatic heterocycles. The Labute approximate surface area is 187 Å². The number of nitrogens with zero attached hydrogens (tertiary/aromatic N) is 2. The summed E-state index contributed by atoms with van der Waals surface area (Å²) in [6.45, 7) is 1.71. The molecule has 3 aromatic rings. The van der Waals surface area contributed by atoms with Crippen molar-refractivity contribution in [1.29, 1.82) is 0 Å². The van der Waals surface area contributed by atoms with E-state index in [9.17, 15) is 14.4 Å². The molecule has 2 aliphatic rings. The lowest BCUT2D eigenvalue weighted by atomic mass is 10.1. The van der Waals surface area contributed by atoms with E-state index >= 15 is 0 Å². The third kappa shape index (κ3) is 4.24. The summed E-state index contributed by atoms with van der Waals surface area (Å²) in [7, 11) is 0. The van der Waals surface area contributed by atoms with Crippen LogP contribution in [0.5, 0.6) is 0 Å². The molecule has 2 N–H and O–H groups in total. The van der Waals surface area contributed by atoms with Crippen LogP contribution < -0.4 is 16.2 Å². The first kappa shape index (κ1) is 20.3. The van der Waals surface area contributed by atoms with E-state index in [1.165, 1.54) is 23.1 Å². The maximum absolute atomic E-state index is 13.6. The summed E-state index contributed by atoms with van der Waals surface area (Å²) in [4.78, 5) is 43.5. The Bertz CT molecular complexity index is 1210. The molecule has 0 radical (unpaired) electrons. The van der Waals surface area contributed by atoms with Crippen LogP contribution in [-0.4, -0.2) is 32.8 Å². The highest BCUT2D eigenvalue weighted by molar-refractivity contribution is 8.00. The standard InChI is InChI=1S/C22H22N4O3S2/c1-12(18(27)24-21(29)23-14-9-10-14)31-22-25-19-17(16(11-30-19)13-7-8-13)20(28)26(22)15-5-3-2-4-6-15/h2-6,11-14H,7-10H2,1H3,(H2,23,24,27,29). The van der Waals surface area contributed by atoms with Gasteiger partial charge in [0, 0.05) is 6.04 Å². The van der Waals surface area contributed by atoms with Gasteiger partial charge in [0.2, 0.25) is 5.91 Å². The van der Waals surface area contributed by atoms with E-state index in [4.69, 9.17) is 4.98 Å². The van der Waals surface area contributed by atoms with Gasteiger partial charge in [-0.3, -0.25) is 19.5 Å². The number of fused-ring (bicyclic) bond motifs is 1. The van der Waals surface area contributed by atoms with Crippen molar-refractivity contribution in [3.8, 4) is 5.69 Å². The molecule has 2 heterocycles. The van der Waals surface area contributed by atoms with Crippen molar-refractivity contribution in [3.63, 3.8) is 0 Å². The van der Waals surface area contributed by atoms with Gasteiger partial charge in [-0.2, -0.15) is 0 Å². The Hall–Kier alpha value is -2.65. The lowest BCUT2D eigenvalue weighted by Gasteiger charge is -2.16. The smallest absolute Gasteiger partial charge is 0.321 e. The van der Waals surface area contributed by atoms with Gasteiger partial charge in [-0.25, -0.2) is 9.78 Å². The van der Waals surface area contributed by atoms with Crippen LogP contribution in [0.2, 0.25) is 0 Å². The van der Waals surface area contributed by atoms with Gasteiger partial charge in [0.05, 0.1) is 16.3 Å². The van der Waals surface area contributed by atoms with Gasteiger partial charge in [0.25, 0.3) is 5.56 Å². The average molecular weight is 455 g/mol. The zero-order valence-electron chi connectivity index (χ0n) is 17.0. The first-order valence-corrected chi connectivity index (χ1v) is 12.1. The van der Waals surface area contributed by atoms with Gasteiger partial charge < -0.3 is 5.32 Å². The van der Waals surface area contributed by atoms with E-state index in [0.717, 1.165) is 31.2 Å². The van der Waals surface area contributed by atoms with Crippen molar-refractivity contribution in [3.05, 3.63) is 51.6 Å². The first-order chi connectivity index (χ1) is 15.0. The number of nitrogens with one attached hydrogen (secondary N) is 2. The number of thioether (sulfide) groups is 1. The summed E-state index contributed by atoms with van der Waals surface area (Å²) in [5.41, 5.74) is 1.68. The quantitative estimate of drug-likeness (QED) is 0.437. The van der Waals surface area contributed by atoms with Crippen LogP contribution in [0.15, 0.2) is 45.7 Å². The molecule has 9 heteroatoms. The summed E-state index contributed by atoms with van der Waals surface area (Å²) in [5.74, 6) is 0.0302. The molecule has 3 amide bonds. The van der Waals surface area contributed by atoms with Crippen molar-refractivity contribution in [2.45, 2.75) is 55.0 Å². The topological polar surface area (TPSA) is 93.1 Å².